The van der Waals surface area contributed by atoms with Gasteiger partial charge < -0.3 is 9.64 Å². The van der Waals surface area contributed by atoms with Crippen molar-refractivity contribution in [3.63, 3.8) is 0 Å². The number of hydrogen-bond acceptors (Lipinski definition) is 5. The molecule has 33 heavy (non-hydrogen) atoms. The van der Waals surface area contributed by atoms with Crippen LogP contribution in [0.5, 0.6) is 0 Å². The van der Waals surface area contributed by atoms with Crippen molar-refractivity contribution >= 4 is 28.5 Å². The Balaban J connectivity index is 1.56. The van der Waals surface area contributed by atoms with Crippen molar-refractivity contribution in [1.82, 2.24) is 24.9 Å². The lowest BCUT2D eigenvalue weighted by molar-refractivity contribution is -0.134. The van der Waals surface area contributed by atoms with Gasteiger partial charge in [0, 0.05) is 31.3 Å². The highest BCUT2D eigenvalue weighted by molar-refractivity contribution is 6.38. The Hall–Kier alpha value is -3.29. The molecule has 1 aliphatic rings. The predicted octanol–water partition coefficient (Wildman–Crippen LogP) is 4.45. The summed E-state index contributed by atoms with van der Waals surface area (Å²) in [7, 11) is 1.72. The minimum Gasteiger partial charge on any atom is -0.381 e. The van der Waals surface area contributed by atoms with Gasteiger partial charge >= 0.3 is 0 Å². The van der Waals surface area contributed by atoms with E-state index in [0.717, 1.165) is 24.0 Å². The molecule has 3 heterocycles. The molecule has 1 fully saturated rings. The molecule has 2 aromatic carbocycles. The van der Waals surface area contributed by atoms with Crippen LogP contribution in [0.2, 0.25) is 5.02 Å². The Morgan fingerprint density at radius 3 is 2.18 bits per heavy atom. The predicted molar refractivity (Wildman–Crippen MR) is 128 cm³/mol. The largest absolute Gasteiger partial charge is 0.381 e. The maximum Gasteiger partial charge on any atom is 0.244 e. The van der Waals surface area contributed by atoms with Crippen LogP contribution in [-0.2, 0) is 16.1 Å². The van der Waals surface area contributed by atoms with Crippen LogP contribution >= 0.6 is 11.6 Å². The number of carbonyl (C=O) groups is 1. The number of halogens is 1. The first kappa shape index (κ1) is 21.6. The average Bonchev–Trinajstić information content (AvgIpc) is 3.24. The molecule has 0 radical (unpaired) electrons. The Kier molecular flexibility index (Phi) is 6.07. The summed E-state index contributed by atoms with van der Waals surface area (Å²) in [5, 5.41) is 14.8. The number of ether oxygens (including phenoxy) is 1. The van der Waals surface area contributed by atoms with Gasteiger partial charge in [-0.15, -0.1) is 10.2 Å². The summed E-state index contributed by atoms with van der Waals surface area (Å²) < 4.78 is 7.04. The van der Waals surface area contributed by atoms with Crippen molar-refractivity contribution in [3.8, 4) is 22.5 Å². The molecule has 1 aliphatic heterocycles. The second kappa shape index (κ2) is 9.29. The summed E-state index contributed by atoms with van der Waals surface area (Å²) in [4.78, 5) is 14.9. The van der Waals surface area contributed by atoms with Gasteiger partial charge in [-0.25, -0.2) is 4.68 Å². The monoisotopic (exact) mass is 461 g/mol. The molecule has 1 amide bonds. The molecule has 4 aromatic rings. The van der Waals surface area contributed by atoms with E-state index in [2.05, 4.69) is 10.2 Å². The number of fused-ring (bicyclic) bond motifs is 1. The van der Waals surface area contributed by atoms with Crippen LogP contribution in [0.25, 0.3) is 33.5 Å². The SMILES string of the molecule is COC1CCN(C(=O)Cn2nc(-c3ccccc3)c3c(Cl)c(-c4ccccc4)nnc32)CC1. The molecule has 7 nitrogen and oxygen atoms in total. The lowest BCUT2D eigenvalue weighted by Crippen LogP contribution is -2.42. The summed E-state index contributed by atoms with van der Waals surface area (Å²) in [5.41, 5.74) is 3.56. The number of nitrogens with zero attached hydrogens (tertiary/aromatic N) is 5. The first-order valence-corrected chi connectivity index (χ1v) is 11.4. The number of amides is 1. The molecule has 0 unspecified atom stereocenters. The molecule has 2 aromatic heterocycles. The zero-order chi connectivity index (χ0) is 22.8. The van der Waals surface area contributed by atoms with Crippen molar-refractivity contribution in [2.75, 3.05) is 20.2 Å². The van der Waals surface area contributed by atoms with E-state index in [1.165, 1.54) is 0 Å². The van der Waals surface area contributed by atoms with Crippen molar-refractivity contribution in [3.05, 3.63) is 65.7 Å². The van der Waals surface area contributed by atoms with Crippen LogP contribution < -0.4 is 0 Å². The van der Waals surface area contributed by atoms with Crippen LogP contribution in [-0.4, -0.2) is 57.1 Å². The highest BCUT2D eigenvalue weighted by Gasteiger charge is 2.26. The number of benzene rings is 2. The van der Waals surface area contributed by atoms with E-state index >= 15 is 0 Å². The fourth-order valence-electron chi connectivity index (χ4n) is 4.27. The topological polar surface area (TPSA) is 73.1 Å². The standard InChI is InChI=1S/C25H24ClN5O2/c1-33-19-12-14-30(15-13-19)20(32)16-31-25-21(23(29-31)17-8-4-2-5-9-17)22(26)24(27-28-25)18-10-6-3-7-11-18/h2-11,19H,12-16H2,1H3. The lowest BCUT2D eigenvalue weighted by Gasteiger charge is -2.31. The van der Waals surface area contributed by atoms with E-state index < -0.39 is 0 Å². The number of piperidine rings is 1. The summed E-state index contributed by atoms with van der Waals surface area (Å²) in [6, 6.07) is 19.5. The van der Waals surface area contributed by atoms with Crippen molar-refractivity contribution < 1.29 is 9.53 Å². The van der Waals surface area contributed by atoms with Crippen LogP contribution in [0.15, 0.2) is 60.7 Å². The van der Waals surface area contributed by atoms with Crippen LogP contribution in [0.1, 0.15) is 12.8 Å². The highest BCUT2D eigenvalue weighted by atomic mass is 35.5. The van der Waals surface area contributed by atoms with Gasteiger partial charge in [0.1, 0.15) is 17.9 Å². The van der Waals surface area contributed by atoms with Crippen molar-refractivity contribution in [2.45, 2.75) is 25.5 Å². The van der Waals surface area contributed by atoms with Gasteiger partial charge in [-0.1, -0.05) is 72.3 Å². The van der Waals surface area contributed by atoms with E-state index in [4.69, 9.17) is 21.4 Å². The van der Waals surface area contributed by atoms with Gasteiger partial charge in [0.2, 0.25) is 5.91 Å². The van der Waals surface area contributed by atoms with E-state index in [0.29, 0.717) is 40.5 Å². The summed E-state index contributed by atoms with van der Waals surface area (Å²) in [5.74, 6) is -0.00127. The number of likely N-dealkylation sites (tertiary alicyclic amines) is 1. The second-order valence-electron chi connectivity index (χ2n) is 8.12. The normalized spacial score (nSPS) is 14.7. The Labute approximate surface area is 196 Å². The summed E-state index contributed by atoms with van der Waals surface area (Å²) in [6.07, 6.45) is 1.89. The molecule has 0 bridgehead atoms. The average molecular weight is 462 g/mol. The van der Waals surface area contributed by atoms with E-state index in [-0.39, 0.29) is 18.6 Å². The number of carbonyl (C=O) groups excluding carboxylic acids is 1. The van der Waals surface area contributed by atoms with Crippen molar-refractivity contribution in [1.29, 1.82) is 0 Å². The number of aromatic nitrogens is 4. The smallest absolute Gasteiger partial charge is 0.244 e. The van der Waals surface area contributed by atoms with Gasteiger partial charge in [0.15, 0.2) is 5.65 Å². The maximum atomic E-state index is 13.1. The molecule has 0 N–H and O–H groups in total. The minimum absolute atomic E-state index is 0.00127. The number of methoxy groups -OCH3 is 1. The molecule has 0 saturated carbocycles. The zero-order valence-electron chi connectivity index (χ0n) is 18.3. The van der Waals surface area contributed by atoms with Crippen LogP contribution in [0, 0.1) is 0 Å². The summed E-state index contributed by atoms with van der Waals surface area (Å²) in [6.45, 7) is 1.43. The first-order chi connectivity index (χ1) is 16.2. The van der Waals surface area contributed by atoms with Crippen molar-refractivity contribution in [2.24, 2.45) is 0 Å². The first-order valence-electron chi connectivity index (χ1n) is 11.0. The lowest BCUT2D eigenvalue weighted by atomic mass is 10.1. The third-order valence-electron chi connectivity index (χ3n) is 6.11. The Morgan fingerprint density at radius 1 is 0.970 bits per heavy atom. The molecule has 0 atom stereocenters. The Bertz CT molecular complexity index is 1270. The number of hydrogen-bond donors (Lipinski definition) is 0. The van der Waals surface area contributed by atoms with E-state index in [9.17, 15) is 4.79 Å². The van der Waals surface area contributed by atoms with E-state index in [1.807, 2.05) is 65.6 Å². The fourth-order valence-corrected chi connectivity index (χ4v) is 4.60. The van der Waals surface area contributed by atoms with Crippen LogP contribution in [0.4, 0.5) is 0 Å². The number of rotatable bonds is 5. The van der Waals surface area contributed by atoms with Gasteiger partial charge in [-0.3, -0.25) is 4.79 Å². The third kappa shape index (κ3) is 4.21. The third-order valence-corrected chi connectivity index (χ3v) is 6.47. The second-order valence-corrected chi connectivity index (χ2v) is 8.49. The van der Waals surface area contributed by atoms with Gasteiger partial charge in [0.05, 0.1) is 16.5 Å². The van der Waals surface area contributed by atoms with Gasteiger partial charge in [-0.2, -0.15) is 5.10 Å². The minimum atomic E-state index is -0.00127. The van der Waals surface area contributed by atoms with Gasteiger partial charge in [0.25, 0.3) is 0 Å². The molecule has 168 valence electrons. The molecular formula is C25H24ClN5O2. The fraction of sp³-hybridized carbons (Fsp3) is 0.280. The molecule has 0 aliphatic carbocycles. The molecule has 0 spiro atoms. The molecular weight excluding hydrogens is 438 g/mol. The van der Waals surface area contributed by atoms with Crippen LogP contribution in [0.3, 0.4) is 0 Å². The highest BCUT2D eigenvalue weighted by Crippen LogP contribution is 2.37. The quantitative estimate of drug-likeness (QED) is 0.439. The molecule has 1 saturated heterocycles. The molecule has 5 rings (SSSR count). The maximum absolute atomic E-state index is 13.1. The van der Waals surface area contributed by atoms with Gasteiger partial charge in [-0.05, 0) is 12.8 Å². The zero-order valence-corrected chi connectivity index (χ0v) is 19.1. The summed E-state index contributed by atoms with van der Waals surface area (Å²) >= 11 is 6.90. The molecule has 8 heteroatoms. The van der Waals surface area contributed by atoms with E-state index in [1.54, 1.807) is 11.8 Å². The Morgan fingerprint density at radius 2 is 1.58 bits per heavy atom.